The van der Waals surface area contributed by atoms with Crippen molar-refractivity contribution in [2.24, 2.45) is 0 Å². The summed E-state index contributed by atoms with van der Waals surface area (Å²) >= 11 is 0. The first-order valence-corrected chi connectivity index (χ1v) is 4.01. The van der Waals surface area contributed by atoms with E-state index in [0.29, 0.717) is 23.0 Å². The van der Waals surface area contributed by atoms with Gasteiger partial charge in [0.15, 0.2) is 11.5 Å². The summed E-state index contributed by atoms with van der Waals surface area (Å²) < 4.78 is 20.3. The maximum atomic E-state index is 9.52. The minimum atomic E-state index is -0.0184. The number of ether oxygens (including phenoxy) is 4. The molecule has 0 saturated heterocycles. The molecule has 0 atom stereocenters. The third kappa shape index (κ3) is 1.09. The molecule has 14 heavy (non-hydrogen) atoms. The maximum Gasteiger partial charge on any atom is 0.231 e. The van der Waals surface area contributed by atoms with E-state index in [1.807, 2.05) is 0 Å². The lowest BCUT2D eigenvalue weighted by Crippen LogP contribution is -1.94. The highest BCUT2D eigenvalue weighted by molar-refractivity contribution is 5.66. The van der Waals surface area contributed by atoms with E-state index in [4.69, 9.17) is 18.9 Å². The molecular weight excluding hydrogens is 188 g/mol. The Balaban J connectivity index is 2.62. The van der Waals surface area contributed by atoms with Crippen LogP contribution in [0.3, 0.4) is 0 Å². The van der Waals surface area contributed by atoms with E-state index in [-0.39, 0.29) is 12.5 Å². The molecular formula is C9H10O5. The molecule has 5 nitrogen and oxygen atoms in total. The number of aromatic hydroxyl groups is 1. The van der Waals surface area contributed by atoms with Gasteiger partial charge >= 0.3 is 0 Å². The van der Waals surface area contributed by atoms with Gasteiger partial charge in [-0.1, -0.05) is 0 Å². The van der Waals surface area contributed by atoms with Gasteiger partial charge in [0.2, 0.25) is 24.0 Å². The Morgan fingerprint density at radius 2 is 1.93 bits per heavy atom. The van der Waals surface area contributed by atoms with Gasteiger partial charge in [0.1, 0.15) is 0 Å². The molecule has 1 aromatic carbocycles. The Kier molecular flexibility index (Phi) is 1.99. The smallest absolute Gasteiger partial charge is 0.231 e. The van der Waals surface area contributed by atoms with E-state index >= 15 is 0 Å². The van der Waals surface area contributed by atoms with Gasteiger partial charge in [-0.3, -0.25) is 0 Å². The summed E-state index contributed by atoms with van der Waals surface area (Å²) in [6.07, 6.45) is 0. The van der Waals surface area contributed by atoms with Crippen LogP contribution < -0.4 is 18.9 Å². The Hall–Kier alpha value is -1.78. The molecule has 0 aliphatic carbocycles. The summed E-state index contributed by atoms with van der Waals surface area (Å²) in [5.41, 5.74) is 0. The number of methoxy groups -OCH3 is 2. The molecule has 0 saturated carbocycles. The molecule has 0 fully saturated rings. The average molecular weight is 198 g/mol. The van der Waals surface area contributed by atoms with Gasteiger partial charge in [-0.05, 0) is 0 Å². The fourth-order valence-corrected chi connectivity index (χ4v) is 1.35. The van der Waals surface area contributed by atoms with Crippen LogP contribution in [0.4, 0.5) is 0 Å². The lowest BCUT2D eigenvalue weighted by Gasteiger charge is -2.10. The number of fused-ring (bicyclic) bond motifs is 1. The molecule has 1 aliphatic heterocycles. The zero-order valence-corrected chi connectivity index (χ0v) is 7.86. The number of phenols is 1. The summed E-state index contributed by atoms with van der Waals surface area (Å²) in [4.78, 5) is 0. The molecule has 2 rings (SSSR count). The topological polar surface area (TPSA) is 57.2 Å². The minimum Gasteiger partial charge on any atom is -0.504 e. The quantitative estimate of drug-likeness (QED) is 0.772. The van der Waals surface area contributed by atoms with Gasteiger partial charge in [-0.2, -0.15) is 0 Å². The van der Waals surface area contributed by atoms with Crippen molar-refractivity contribution in [2.75, 3.05) is 21.0 Å². The number of hydrogen-bond acceptors (Lipinski definition) is 5. The second-order valence-corrected chi connectivity index (χ2v) is 2.70. The molecule has 5 heteroatoms. The summed E-state index contributed by atoms with van der Waals surface area (Å²) in [6.45, 7) is 0.0758. The van der Waals surface area contributed by atoms with E-state index in [2.05, 4.69) is 0 Å². The van der Waals surface area contributed by atoms with Crippen LogP contribution >= 0.6 is 0 Å². The molecule has 1 aromatic rings. The molecule has 0 bridgehead atoms. The molecule has 1 N–H and O–H groups in total. The normalized spacial score (nSPS) is 12.7. The summed E-state index contributed by atoms with van der Waals surface area (Å²) in [6, 6.07) is 1.42. The number of benzene rings is 1. The zero-order valence-electron chi connectivity index (χ0n) is 7.86. The predicted octanol–water partition coefficient (Wildman–Crippen LogP) is 1.14. The Morgan fingerprint density at radius 3 is 2.57 bits per heavy atom. The van der Waals surface area contributed by atoms with Gasteiger partial charge in [-0.15, -0.1) is 0 Å². The molecule has 0 radical (unpaired) electrons. The molecule has 0 spiro atoms. The third-order valence-electron chi connectivity index (χ3n) is 1.97. The van der Waals surface area contributed by atoms with Gasteiger partial charge in [0.05, 0.1) is 14.2 Å². The molecule has 0 unspecified atom stereocenters. The SMILES string of the molecule is COc1cc(O)c2c(c1OC)OCO2. The number of rotatable bonds is 2. The highest BCUT2D eigenvalue weighted by atomic mass is 16.7. The van der Waals surface area contributed by atoms with Crippen molar-refractivity contribution >= 4 is 0 Å². The number of phenolic OH excluding ortho intramolecular Hbond substituents is 1. The predicted molar refractivity (Wildman–Crippen MR) is 47.3 cm³/mol. The van der Waals surface area contributed by atoms with E-state index in [9.17, 15) is 5.11 Å². The second kappa shape index (κ2) is 3.17. The van der Waals surface area contributed by atoms with Gasteiger partial charge < -0.3 is 24.1 Å². The monoisotopic (exact) mass is 198 g/mol. The van der Waals surface area contributed by atoms with Crippen molar-refractivity contribution in [1.29, 1.82) is 0 Å². The maximum absolute atomic E-state index is 9.52. The van der Waals surface area contributed by atoms with E-state index < -0.39 is 0 Å². The van der Waals surface area contributed by atoms with Crippen LogP contribution in [-0.2, 0) is 0 Å². The van der Waals surface area contributed by atoms with Crippen molar-refractivity contribution < 1.29 is 24.1 Å². The van der Waals surface area contributed by atoms with Crippen LogP contribution in [0, 0.1) is 0 Å². The fourth-order valence-electron chi connectivity index (χ4n) is 1.35. The Bertz CT molecular complexity index is 361. The first kappa shape index (κ1) is 8.80. The molecule has 1 aliphatic rings. The summed E-state index contributed by atoms with van der Waals surface area (Å²) in [5.74, 6) is 1.49. The highest BCUT2D eigenvalue weighted by Crippen LogP contribution is 2.51. The largest absolute Gasteiger partial charge is 0.504 e. The van der Waals surface area contributed by atoms with Crippen molar-refractivity contribution in [2.45, 2.75) is 0 Å². The second-order valence-electron chi connectivity index (χ2n) is 2.70. The van der Waals surface area contributed by atoms with Gasteiger partial charge in [-0.25, -0.2) is 0 Å². The molecule has 1 heterocycles. The molecule has 0 aromatic heterocycles. The van der Waals surface area contributed by atoms with Crippen molar-refractivity contribution in [1.82, 2.24) is 0 Å². The fraction of sp³-hybridized carbons (Fsp3) is 0.333. The van der Waals surface area contributed by atoms with Gasteiger partial charge in [0, 0.05) is 6.07 Å². The van der Waals surface area contributed by atoms with Crippen molar-refractivity contribution in [3.05, 3.63) is 6.07 Å². The van der Waals surface area contributed by atoms with Crippen LogP contribution in [-0.4, -0.2) is 26.1 Å². The van der Waals surface area contributed by atoms with Crippen LogP contribution in [0.15, 0.2) is 6.07 Å². The van der Waals surface area contributed by atoms with E-state index in [0.717, 1.165) is 0 Å². The van der Waals surface area contributed by atoms with Crippen LogP contribution in [0.25, 0.3) is 0 Å². The van der Waals surface area contributed by atoms with Crippen molar-refractivity contribution in [3.63, 3.8) is 0 Å². The van der Waals surface area contributed by atoms with E-state index in [1.165, 1.54) is 20.3 Å². The van der Waals surface area contributed by atoms with Crippen molar-refractivity contribution in [3.8, 4) is 28.7 Å². The van der Waals surface area contributed by atoms with Crippen LogP contribution in [0.2, 0.25) is 0 Å². The Labute approximate surface area is 80.8 Å². The third-order valence-corrected chi connectivity index (χ3v) is 1.97. The van der Waals surface area contributed by atoms with Crippen LogP contribution in [0.5, 0.6) is 28.7 Å². The summed E-state index contributed by atoms with van der Waals surface area (Å²) in [7, 11) is 2.98. The zero-order chi connectivity index (χ0) is 10.1. The lowest BCUT2D eigenvalue weighted by atomic mass is 10.2. The standard InChI is InChI=1S/C9H10O5/c1-11-6-3-5(10)7-9(8(6)12-2)14-4-13-7/h3,10H,4H2,1-2H3. The van der Waals surface area contributed by atoms with Crippen LogP contribution in [0.1, 0.15) is 0 Å². The summed E-state index contributed by atoms with van der Waals surface area (Å²) in [5, 5.41) is 9.52. The molecule has 76 valence electrons. The minimum absolute atomic E-state index is 0.0184. The first-order valence-electron chi connectivity index (χ1n) is 4.01. The van der Waals surface area contributed by atoms with Gasteiger partial charge in [0.25, 0.3) is 0 Å². The Morgan fingerprint density at radius 1 is 1.21 bits per heavy atom. The average Bonchev–Trinajstić information content (AvgIpc) is 2.66. The molecule has 0 amide bonds. The lowest BCUT2D eigenvalue weighted by molar-refractivity contribution is 0.168. The first-order chi connectivity index (χ1) is 6.77. The van der Waals surface area contributed by atoms with E-state index in [1.54, 1.807) is 0 Å². The number of hydrogen-bond donors (Lipinski definition) is 1. The highest BCUT2D eigenvalue weighted by Gasteiger charge is 2.26.